The summed E-state index contributed by atoms with van der Waals surface area (Å²) < 4.78 is 0. The molecule has 0 unspecified atom stereocenters. The molecular weight excluding hydrogens is 226 g/mol. The maximum atomic E-state index is 10.8. The number of hydrogen-bond acceptors (Lipinski definition) is 3. The summed E-state index contributed by atoms with van der Waals surface area (Å²) in [5.74, 6) is 0. The third-order valence-electron chi connectivity index (χ3n) is 3.82. The average Bonchev–Trinajstić information content (AvgIpc) is 2.89. The van der Waals surface area contributed by atoms with Crippen molar-refractivity contribution in [3.63, 3.8) is 0 Å². The van der Waals surface area contributed by atoms with Crippen molar-refractivity contribution >= 4 is 12.0 Å². The number of aldehydes is 1. The van der Waals surface area contributed by atoms with Gasteiger partial charge in [-0.2, -0.15) is 0 Å². The lowest BCUT2D eigenvalue weighted by molar-refractivity contribution is 0.112. The van der Waals surface area contributed by atoms with E-state index in [1.807, 2.05) is 19.1 Å². The van der Waals surface area contributed by atoms with Crippen molar-refractivity contribution < 1.29 is 9.90 Å². The van der Waals surface area contributed by atoms with Crippen molar-refractivity contribution in [2.24, 2.45) is 0 Å². The van der Waals surface area contributed by atoms with Crippen LogP contribution in [0.25, 0.3) is 0 Å². The quantitative estimate of drug-likeness (QED) is 0.813. The van der Waals surface area contributed by atoms with E-state index in [1.54, 1.807) is 0 Å². The lowest BCUT2D eigenvalue weighted by Crippen LogP contribution is -2.35. The Balaban J connectivity index is 2.24. The van der Waals surface area contributed by atoms with Crippen LogP contribution in [0.15, 0.2) is 18.2 Å². The second-order valence-electron chi connectivity index (χ2n) is 5.01. The summed E-state index contributed by atoms with van der Waals surface area (Å²) in [5.41, 5.74) is 2.87. The van der Waals surface area contributed by atoms with Crippen LogP contribution in [-0.4, -0.2) is 30.6 Å². The minimum Gasteiger partial charge on any atom is -0.395 e. The fourth-order valence-electron chi connectivity index (χ4n) is 2.82. The first kappa shape index (κ1) is 13.1. The van der Waals surface area contributed by atoms with E-state index >= 15 is 0 Å². The topological polar surface area (TPSA) is 40.5 Å². The molecule has 2 rings (SSSR count). The van der Waals surface area contributed by atoms with Crippen LogP contribution in [0.4, 0.5) is 5.69 Å². The lowest BCUT2D eigenvalue weighted by Gasteiger charge is -2.31. The predicted octanol–water partition coefficient (Wildman–Crippen LogP) is 2.55. The number of aryl methyl sites for hydroxylation is 1. The van der Waals surface area contributed by atoms with Gasteiger partial charge in [-0.1, -0.05) is 12.8 Å². The zero-order chi connectivity index (χ0) is 13.0. The Morgan fingerprint density at radius 2 is 2.11 bits per heavy atom. The van der Waals surface area contributed by atoms with Crippen LogP contribution in [0.3, 0.4) is 0 Å². The van der Waals surface area contributed by atoms with Gasteiger partial charge in [0.15, 0.2) is 0 Å². The Kier molecular flexibility index (Phi) is 4.37. The minimum absolute atomic E-state index is 0.172. The summed E-state index contributed by atoms with van der Waals surface area (Å²) in [7, 11) is 0. The van der Waals surface area contributed by atoms with E-state index in [-0.39, 0.29) is 6.61 Å². The van der Waals surface area contributed by atoms with Crippen molar-refractivity contribution in [2.75, 3.05) is 18.1 Å². The molecule has 1 aromatic rings. The number of carbonyl (C=O) groups is 1. The lowest BCUT2D eigenvalue weighted by atomic mass is 10.1. The smallest absolute Gasteiger partial charge is 0.150 e. The highest BCUT2D eigenvalue weighted by molar-refractivity contribution is 5.78. The first-order valence-electron chi connectivity index (χ1n) is 6.69. The van der Waals surface area contributed by atoms with Crippen LogP contribution in [0.2, 0.25) is 0 Å². The van der Waals surface area contributed by atoms with Crippen LogP contribution in [0.5, 0.6) is 0 Å². The number of hydrogen-bond donors (Lipinski definition) is 1. The molecule has 0 heterocycles. The Bertz CT molecular complexity index is 411. The van der Waals surface area contributed by atoms with E-state index in [1.165, 1.54) is 25.7 Å². The van der Waals surface area contributed by atoms with Crippen molar-refractivity contribution in [1.29, 1.82) is 0 Å². The number of carbonyl (C=O) groups excluding carboxylic acids is 1. The molecule has 18 heavy (non-hydrogen) atoms. The summed E-state index contributed by atoms with van der Waals surface area (Å²) in [6.45, 7) is 2.80. The highest BCUT2D eigenvalue weighted by Crippen LogP contribution is 2.29. The van der Waals surface area contributed by atoms with Gasteiger partial charge < -0.3 is 10.0 Å². The molecule has 0 spiro atoms. The zero-order valence-electron chi connectivity index (χ0n) is 10.9. The normalized spacial score (nSPS) is 15.9. The fourth-order valence-corrected chi connectivity index (χ4v) is 2.82. The molecule has 0 radical (unpaired) electrons. The molecule has 0 aromatic heterocycles. The van der Waals surface area contributed by atoms with Crippen molar-refractivity contribution in [3.8, 4) is 0 Å². The third-order valence-corrected chi connectivity index (χ3v) is 3.82. The highest BCUT2D eigenvalue weighted by Gasteiger charge is 2.22. The average molecular weight is 247 g/mol. The summed E-state index contributed by atoms with van der Waals surface area (Å²) >= 11 is 0. The molecule has 1 aliphatic rings. The van der Waals surface area contributed by atoms with Gasteiger partial charge in [0.1, 0.15) is 6.29 Å². The largest absolute Gasteiger partial charge is 0.395 e. The van der Waals surface area contributed by atoms with E-state index in [4.69, 9.17) is 0 Å². The number of benzene rings is 1. The molecule has 1 aromatic carbocycles. The Morgan fingerprint density at radius 3 is 2.67 bits per heavy atom. The summed E-state index contributed by atoms with van der Waals surface area (Å²) in [6.07, 6.45) is 5.85. The van der Waals surface area contributed by atoms with Gasteiger partial charge in [0.25, 0.3) is 0 Å². The molecule has 1 saturated carbocycles. The van der Waals surface area contributed by atoms with Crippen LogP contribution >= 0.6 is 0 Å². The molecule has 0 aliphatic heterocycles. The van der Waals surface area contributed by atoms with Gasteiger partial charge in [-0.05, 0) is 43.5 Å². The molecule has 0 atom stereocenters. The molecule has 0 saturated heterocycles. The van der Waals surface area contributed by atoms with Gasteiger partial charge >= 0.3 is 0 Å². The van der Waals surface area contributed by atoms with E-state index in [0.29, 0.717) is 12.6 Å². The van der Waals surface area contributed by atoms with Crippen LogP contribution in [0.1, 0.15) is 41.6 Å². The molecule has 98 valence electrons. The first-order valence-corrected chi connectivity index (χ1v) is 6.69. The molecule has 3 nitrogen and oxygen atoms in total. The maximum Gasteiger partial charge on any atom is 0.150 e. The first-order chi connectivity index (χ1) is 8.76. The molecule has 3 heteroatoms. The van der Waals surface area contributed by atoms with Crippen LogP contribution in [-0.2, 0) is 0 Å². The molecular formula is C15H21NO2. The van der Waals surface area contributed by atoms with Gasteiger partial charge in [0.2, 0.25) is 0 Å². The van der Waals surface area contributed by atoms with Gasteiger partial charge in [0, 0.05) is 23.8 Å². The Labute approximate surface area is 108 Å². The minimum atomic E-state index is 0.172. The molecule has 0 amide bonds. The van der Waals surface area contributed by atoms with Crippen molar-refractivity contribution in [2.45, 2.75) is 38.6 Å². The number of aliphatic hydroxyl groups is 1. The zero-order valence-corrected chi connectivity index (χ0v) is 10.9. The van der Waals surface area contributed by atoms with Crippen molar-refractivity contribution in [1.82, 2.24) is 0 Å². The van der Waals surface area contributed by atoms with E-state index in [9.17, 15) is 9.90 Å². The third kappa shape index (κ3) is 2.72. The number of rotatable bonds is 5. The van der Waals surface area contributed by atoms with Gasteiger partial charge in [0.05, 0.1) is 6.61 Å². The van der Waals surface area contributed by atoms with Crippen LogP contribution in [0, 0.1) is 6.92 Å². The Morgan fingerprint density at radius 1 is 1.39 bits per heavy atom. The predicted molar refractivity (Wildman–Crippen MR) is 73.3 cm³/mol. The number of nitrogens with zero attached hydrogens (tertiary/aromatic N) is 1. The fraction of sp³-hybridized carbons (Fsp3) is 0.533. The van der Waals surface area contributed by atoms with Gasteiger partial charge in [-0.15, -0.1) is 0 Å². The summed E-state index contributed by atoms with van der Waals surface area (Å²) in [6, 6.07) is 6.46. The maximum absolute atomic E-state index is 10.8. The van der Waals surface area contributed by atoms with E-state index in [2.05, 4.69) is 11.0 Å². The van der Waals surface area contributed by atoms with Gasteiger partial charge in [-0.3, -0.25) is 4.79 Å². The monoisotopic (exact) mass is 247 g/mol. The highest BCUT2D eigenvalue weighted by atomic mass is 16.3. The molecule has 1 N–H and O–H groups in total. The second kappa shape index (κ2) is 6.01. The molecule has 1 fully saturated rings. The molecule has 0 bridgehead atoms. The van der Waals surface area contributed by atoms with E-state index < -0.39 is 0 Å². The standard InChI is InChI=1S/C15H21NO2/c1-12-10-15(7-6-13(12)11-18)16(8-9-17)14-4-2-3-5-14/h6-7,10-11,14,17H,2-5,8-9H2,1H3. The summed E-state index contributed by atoms with van der Waals surface area (Å²) in [4.78, 5) is 13.1. The summed E-state index contributed by atoms with van der Waals surface area (Å²) in [5, 5.41) is 9.23. The van der Waals surface area contributed by atoms with Gasteiger partial charge in [-0.25, -0.2) is 0 Å². The second-order valence-corrected chi connectivity index (χ2v) is 5.01. The SMILES string of the molecule is Cc1cc(N(CCO)C2CCCC2)ccc1C=O. The Hall–Kier alpha value is -1.35. The molecule has 1 aliphatic carbocycles. The number of aliphatic hydroxyl groups excluding tert-OH is 1. The van der Waals surface area contributed by atoms with E-state index in [0.717, 1.165) is 23.1 Å². The van der Waals surface area contributed by atoms with Crippen molar-refractivity contribution in [3.05, 3.63) is 29.3 Å². The number of anilines is 1. The van der Waals surface area contributed by atoms with Crippen LogP contribution < -0.4 is 4.90 Å².